The van der Waals surface area contributed by atoms with Gasteiger partial charge < -0.3 is 9.47 Å². The highest BCUT2D eigenvalue weighted by atomic mass is 16.5. The van der Waals surface area contributed by atoms with E-state index in [9.17, 15) is 0 Å². The molecule has 0 bridgehead atoms. The second-order valence-corrected chi connectivity index (χ2v) is 6.33. The van der Waals surface area contributed by atoms with E-state index in [1.165, 1.54) is 0 Å². The summed E-state index contributed by atoms with van der Waals surface area (Å²) in [7, 11) is 1.76. The molecule has 17 heavy (non-hydrogen) atoms. The van der Waals surface area contributed by atoms with E-state index in [2.05, 4.69) is 30.6 Å². The molecule has 4 heteroatoms. The van der Waals surface area contributed by atoms with Crippen LogP contribution < -0.4 is 0 Å². The average Bonchev–Trinajstić information content (AvgIpc) is 2.22. The van der Waals surface area contributed by atoms with Gasteiger partial charge in [0.1, 0.15) is 5.60 Å². The molecule has 0 aromatic rings. The van der Waals surface area contributed by atoms with Crippen molar-refractivity contribution in [3.05, 3.63) is 0 Å². The van der Waals surface area contributed by atoms with Crippen LogP contribution >= 0.6 is 0 Å². The molecule has 2 aliphatic heterocycles. The first kappa shape index (κ1) is 13.3. The zero-order chi connectivity index (χ0) is 12.5. The molecule has 0 radical (unpaired) electrons. The smallest absolute Gasteiger partial charge is 0.106 e. The molecule has 0 atom stereocenters. The molecule has 0 aliphatic carbocycles. The Hall–Kier alpha value is -0.160. The molecule has 0 aromatic heterocycles. The standard InChI is InChI=1S/C13H26N2O2/c1-12(2,3)15-10-13(11-15)9-14(5-7-16-4)6-8-17-13/h5-11H2,1-4H3. The number of hydrogen-bond acceptors (Lipinski definition) is 4. The predicted molar refractivity (Wildman–Crippen MR) is 68.3 cm³/mol. The van der Waals surface area contributed by atoms with Crippen LogP contribution in [0, 0.1) is 0 Å². The van der Waals surface area contributed by atoms with E-state index in [1.807, 2.05) is 0 Å². The van der Waals surface area contributed by atoms with Gasteiger partial charge in [-0.15, -0.1) is 0 Å². The summed E-state index contributed by atoms with van der Waals surface area (Å²) in [5.74, 6) is 0. The summed E-state index contributed by atoms with van der Waals surface area (Å²) in [5.41, 5.74) is 0.364. The SMILES string of the molecule is COCCN1CCOC2(C1)CN(C(C)(C)C)C2. The second-order valence-electron chi connectivity index (χ2n) is 6.33. The maximum absolute atomic E-state index is 6.01. The van der Waals surface area contributed by atoms with Gasteiger partial charge in [0, 0.05) is 45.4 Å². The molecule has 0 saturated carbocycles. The Bertz CT molecular complexity index is 257. The largest absolute Gasteiger partial charge is 0.383 e. The van der Waals surface area contributed by atoms with Crippen molar-refractivity contribution in [2.24, 2.45) is 0 Å². The fourth-order valence-corrected chi connectivity index (χ4v) is 2.65. The number of likely N-dealkylation sites (tertiary alicyclic amines) is 1. The quantitative estimate of drug-likeness (QED) is 0.731. The van der Waals surface area contributed by atoms with Crippen molar-refractivity contribution in [2.45, 2.75) is 31.9 Å². The number of nitrogens with zero attached hydrogens (tertiary/aromatic N) is 2. The highest BCUT2D eigenvalue weighted by Crippen LogP contribution is 2.33. The van der Waals surface area contributed by atoms with Crippen molar-refractivity contribution in [1.82, 2.24) is 9.80 Å². The van der Waals surface area contributed by atoms with Gasteiger partial charge in [0.15, 0.2) is 0 Å². The second kappa shape index (κ2) is 4.84. The molecule has 2 aliphatic rings. The third kappa shape index (κ3) is 2.99. The molecular weight excluding hydrogens is 216 g/mol. The van der Waals surface area contributed by atoms with Crippen molar-refractivity contribution in [2.75, 3.05) is 53.0 Å². The van der Waals surface area contributed by atoms with E-state index in [-0.39, 0.29) is 11.1 Å². The molecule has 2 rings (SSSR count). The lowest BCUT2D eigenvalue weighted by Gasteiger charge is -2.58. The van der Waals surface area contributed by atoms with Gasteiger partial charge in [0.05, 0.1) is 13.2 Å². The molecule has 0 unspecified atom stereocenters. The molecule has 0 aromatic carbocycles. The van der Waals surface area contributed by atoms with Gasteiger partial charge >= 0.3 is 0 Å². The normalized spacial score (nSPS) is 26.1. The summed E-state index contributed by atoms with van der Waals surface area (Å²) in [6, 6.07) is 0. The Kier molecular flexibility index (Phi) is 3.78. The Morgan fingerprint density at radius 3 is 2.53 bits per heavy atom. The summed E-state index contributed by atoms with van der Waals surface area (Å²) in [6.07, 6.45) is 0. The zero-order valence-electron chi connectivity index (χ0n) is 11.7. The van der Waals surface area contributed by atoms with Crippen molar-refractivity contribution < 1.29 is 9.47 Å². The van der Waals surface area contributed by atoms with Gasteiger partial charge in [0.25, 0.3) is 0 Å². The van der Waals surface area contributed by atoms with Crippen LogP contribution in [0.15, 0.2) is 0 Å². The average molecular weight is 242 g/mol. The molecule has 2 heterocycles. The van der Waals surface area contributed by atoms with Crippen LogP contribution in [0.5, 0.6) is 0 Å². The van der Waals surface area contributed by atoms with Crippen molar-refractivity contribution in [3.8, 4) is 0 Å². The van der Waals surface area contributed by atoms with Crippen molar-refractivity contribution in [1.29, 1.82) is 0 Å². The van der Waals surface area contributed by atoms with Gasteiger partial charge in [-0.25, -0.2) is 0 Å². The summed E-state index contributed by atoms with van der Waals surface area (Å²) in [4.78, 5) is 4.96. The van der Waals surface area contributed by atoms with E-state index in [4.69, 9.17) is 9.47 Å². The first-order chi connectivity index (χ1) is 7.95. The van der Waals surface area contributed by atoms with Crippen LogP contribution in [-0.4, -0.2) is 74.0 Å². The summed E-state index contributed by atoms with van der Waals surface area (Å²) in [6.45, 7) is 13.8. The van der Waals surface area contributed by atoms with E-state index < -0.39 is 0 Å². The Balaban J connectivity index is 1.83. The molecule has 0 amide bonds. The molecule has 2 fully saturated rings. The first-order valence-electron chi connectivity index (χ1n) is 6.56. The van der Waals surface area contributed by atoms with E-state index in [0.29, 0.717) is 0 Å². The number of morpholine rings is 1. The maximum Gasteiger partial charge on any atom is 0.106 e. The van der Waals surface area contributed by atoms with Crippen LogP contribution in [-0.2, 0) is 9.47 Å². The number of rotatable bonds is 3. The Labute approximate surface area is 105 Å². The number of hydrogen-bond donors (Lipinski definition) is 0. The molecular formula is C13H26N2O2. The lowest BCUT2D eigenvalue weighted by Crippen LogP contribution is -2.73. The third-order valence-corrected chi connectivity index (χ3v) is 3.85. The topological polar surface area (TPSA) is 24.9 Å². The van der Waals surface area contributed by atoms with Crippen molar-refractivity contribution in [3.63, 3.8) is 0 Å². The predicted octanol–water partition coefficient (Wildman–Crippen LogP) is 0.818. The van der Waals surface area contributed by atoms with Crippen LogP contribution in [0.25, 0.3) is 0 Å². The molecule has 0 N–H and O–H groups in total. The van der Waals surface area contributed by atoms with Gasteiger partial charge in [-0.1, -0.05) is 0 Å². The fraction of sp³-hybridized carbons (Fsp3) is 1.00. The maximum atomic E-state index is 6.01. The number of ether oxygens (including phenoxy) is 2. The molecule has 1 spiro atoms. The molecule has 100 valence electrons. The minimum absolute atomic E-state index is 0.0965. The van der Waals surface area contributed by atoms with Gasteiger partial charge in [-0.3, -0.25) is 9.80 Å². The van der Waals surface area contributed by atoms with E-state index in [0.717, 1.165) is 45.9 Å². The Morgan fingerprint density at radius 2 is 1.94 bits per heavy atom. The van der Waals surface area contributed by atoms with Gasteiger partial charge in [-0.05, 0) is 20.8 Å². The molecule has 2 saturated heterocycles. The minimum atomic E-state index is 0.0965. The highest BCUT2D eigenvalue weighted by molar-refractivity contribution is 5.04. The van der Waals surface area contributed by atoms with Gasteiger partial charge in [0.2, 0.25) is 0 Å². The van der Waals surface area contributed by atoms with E-state index in [1.54, 1.807) is 7.11 Å². The summed E-state index contributed by atoms with van der Waals surface area (Å²) < 4.78 is 11.2. The lowest BCUT2D eigenvalue weighted by molar-refractivity contribution is -0.202. The Morgan fingerprint density at radius 1 is 1.24 bits per heavy atom. The third-order valence-electron chi connectivity index (χ3n) is 3.85. The van der Waals surface area contributed by atoms with Crippen LogP contribution in [0.1, 0.15) is 20.8 Å². The summed E-state index contributed by atoms with van der Waals surface area (Å²) in [5, 5.41) is 0. The highest BCUT2D eigenvalue weighted by Gasteiger charge is 2.49. The molecule has 4 nitrogen and oxygen atoms in total. The summed E-state index contributed by atoms with van der Waals surface area (Å²) >= 11 is 0. The van der Waals surface area contributed by atoms with Crippen molar-refractivity contribution >= 4 is 0 Å². The zero-order valence-corrected chi connectivity index (χ0v) is 11.7. The lowest BCUT2D eigenvalue weighted by atomic mass is 9.87. The fourth-order valence-electron chi connectivity index (χ4n) is 2.65. The van der Waals surface area contributed by atoms with Crippen LogP contribution in [0.2, 0.25) is 0 Å². The van der Waals surface area contributed by atoms with Crippen LogP contribution in [0.4, 0.5) is 0 Å². The monoisotopic (exact) mass is 242 g/mol. The van der Waals surface area contributed by atoms with E-state index >= 15 is 0 Å². The first-order valence-corrected chi connectivity index (χ1v) is 6.56. The minimum Gasteiger partial charge on any atom is -0.383 e. The van der Waals surface area contributed by atoms with Crippen LogP contribution in [0.3, 0.4) is 0 Å². The number of methoxy groups -OCH3 is 1. The van der Waals surface area contributed by atoms with Gasteiger partial charge in [-0.2, -0.15) is 0 Å².